The monoisotopic (exact) mass is 334 g/mol. The highest BCUT2D eigenvalue weighted by atomic mass is 35.5. The number of hydrogen-bond acceptors (Lipinski definition) is 2. The lowest BCUT2D eigenvalue weighted by Gasteiger charge is -2.34. The van der Waals surface area contributed by atoms with Gasteiger partial charge in [-0.1, -0.05) is 36.6 Å². The fraction of sp³-hybridized carbons (Fsp3) is 0.556. The van der Waals surface area contributed by atoms with Crippen LogP contribution in [0.2, 0.25) is 5.02 Å². The van der Waals surface area contributed by atoms with E-state index >= 15 is 0 Å². The molecule has 0 atom stereocenters. The Balaban J connectivity index is 1.50. The summed E-state index contributed by atoms with van der Waals surface area (Å²) in [6.45, 7) is 1.48. The summed E-state index contributed by atoms with van der Waals surface area (Å²) in [5.74, 6) is 0.429. The van der Waals surface area contributed by atoms with E-state index in [9.17, 15) is 9.59 Å². The Morgan fingerprint density at radius 2 is 1.70 bits per heavy atom. The van der Waals surface area contributed by atoms with Crippen LogP contribution in [0.3, 0.4) is 0 Å². The minimum Gasteiger partial charge on any atom is -0.349 e. The van der Waals surface area contributed by atoms with Gasteiger partial charge < -0.3 is 10.2 Å². The molecule has 0 aromatic heterocycles. The molecule has 1 aliphatic carbocycles. The third-order valence-corrected chi connectivity index (χ3v) is 5.29. The second-order valence-electron chi connectivity index (χ2n) is 6.53. The number of halogens is 1. The van der Waals surface area contributed by atoms with Crippen LogP contribution in [0.1, 0.15) is 48.9 Å². The highest BCUT2D eigenvalue weighted by molar-refractivity contribution is 6.33. The number of hydrogen-bond donors (Lipinski definition) is 1. The Bertz CT molecular complexity index is 576. The maximum Gasteiger partial charge on any atom is 0.253 e. The zero-order valence-corrected chi connectivity index (χ0v) is 14.0. The summed E-state index contributed by atoms with van der Waals surface area (Å²) >= 11 is 6.06. The number of amides is 2. The van der Waals surface area contributed by atoms with Crippen LogP contribution in [0.25, 0.3) is 0 Å². The summed E-state index contributed by atoms with van der Waals surface area (Å²) in [5.41, 5.74) is 0.513. The molecule has 1 aromatic carbocycles. The Hall–Kier alpha value is -1.55. The van der Waals surface area contributed by atoms with E-state index in [4.69, 9.17) is 11.6 Å². The van der Waals surface area contributed by atoms with Crippen molar-refractivity contribution in [1.29, 1.82) is 0 Å². The van der Waals surface area contributed by atoms with Gasteiger partial charge in [0.05, 0.1) is 10.6 Å². The van der Waals surface area contributed by atoms with Crippen molar-refractivity contribution in [3.63, 3.8) is 0 Å². The largest absolute Gasteiger partial charge is 0.349 e. The molecule has 1 saturated heterocycles. The van der Waals surface area contributed by atoms with Gasteiger partial charge in [0.15, 0.2) is 0 Å². The topological polar surface area (TPSA) is 49.4 Å². The van der Waals surface area contributed by atoms with Crippen molar-refractivity contribution in [3.8, 4) is 0 Å². The summed E-state index contributed by atoms with van der Waals surface area (Å²) in [6, 6.07) is 7.19. The van der Waals surface area contributed by atoms with Crippen molar-refractivity contribution in [3.05, 3.63) is 34.9 Å². The van der Waals surface area contributed by atoms with Gasteiger partial charge in [0.2, 0.25) is 5.91 Å². The van der Waals surface area contributed by atoms with Crippen molar-refractivity contribution in [1.82, 2.24) is 10.2 Å². The van der Waals surface area contributed by atoms with Crippen LogP contribution in [-0.4, -0.2) is 35.8 Å². The smallest absolute Gasteiger partial charge is 0.253 e. The third kappa shape index (κ3) is 3.86. The van der Waals surface area contributed by atoms with Gasteiger partial charge in [-0.25, -0.2) is 0 Å². The summed E-state index contributed by atoms with van der Waals surface area (Å²) in [4.78, 5) is 26.7. The number of benzene rings is 1. The molecular formula is C18H23ClN2O2. The fourth-order valence-electron chi connectivity index (χ4n) is 3.58. The summed E-state index contributed by atoms with van der Waals surface area (Å²) < 4.78 is 0. The van der Waals surface area contributed by atoms with E-state index in [-0.39, 0.29) is 17.9 Å². The van der Waals surface area contributed by atoms with E-state index in [0.29, 0.717) is 16.5 Å². The lowest BCUT2D eigenvalue weighted by Crippen LogP contribution is -2.47. The van der Waals surface area contributed by atoms with Gasteiger partial charge in [-0.3, -0.25) is 9.59 Å². The first-order valence-corrected chi connectivity index (χ1v) is 8.87. The second-order valence-corrected chi connectivity index (χ2v) is 6.94. The first kappa shape index (κ1) is 16.3. The summed E-state index contributed by atoms with van der Waals surface area (Å²) in [6.07, 6.45) is 6.08. The van der Waals surface area contributed by atoms with E-state index in [1.54, 1.807) is 12.1 Å². The predicted molar refractivity (Wildman–Crippen MR) is 90.5 cm³/mol. The first-order valence-electron chi connectivity index (χ1n) is 8.49. The van der Waals surface area contributed by atoms with Crippen molar-refractivity contribution < 1.29 is 9.59 Å². The van der Waals surface area contributed by atoms with Crippen molar-refractivity contribution in [2.75, 3.05) is 13.1 Å². The zero-order chi connectivity index (χ0) is 16.2. The van der Waals surface area contributed by atoms with E-state index in [1.807, 2.05) is 17.0 Å². The van der Waals surface area contributed by atoms with E-state index in [0.717, 1.165) is 38.8 Å². The number of rotatable bonds is 3. The number of nitrogens with zero attached hydrogens (tertiary/aromatic N) is 1. The highest BCUT2D eigenvalue weighted by Gasteiger charge is 2.30. The van der Waals surface area contributed by atoms with Crippen LogP contribution >= 0.6 is 11.6 Å². The first-order chi connectivity index (χ1) is 11.1. The Morgan fingerprint density at radius 1 is 1.04 bits per heavy atom. The molecule has 3 rings (SSSR count). The Morgan fingerprint density at radius 3 is 2.35 bits per heavy atom. The third-order valence-electron chi connectivity index (χ3n) is 4.96. The molecule has 124 valence electrons. The van der Waals surface area contributed by atoms with Gasteiger partial charge in [0.1, 0.15) is 0 Å². The highest BCUT2D eigenvalue weighted by Crippen LogP contribution is 2.27. The van der Waals surface area contributed by atoms with Crippen molar-refractivity contribution in [2.45, 2.75) is 44.6 Å². The lowest BCUT2D eigenvalue weighted by atomic mass is 10.0. The maximum absolute atomic E-state index is 12.4. The molecule has 1 aromatic rings. The minimum absolute atomic E-state index is 0.117. The van der Waals surface area contributed by atoms with Crippen LogP contribution in [0.5, 0.6) is 0 Å². The molecule has 5 heteroatoms. The molecule has 1 aliphatic heterocycles. The van der Waals surface area contributed by atoms with E-state index in [1.165, 1.54) is 12.8 Å². The van der Waals surface area contributed by atoms with Gasteiger partial charge in [0.25, 0.3) is 5.91 Å². The van der Waals surface area contributed by atoms with Gasteiger partial charge in [-0.2, -0.15) is 0 Å². The standard InChI is InChI=1S/C18H23ClN2O2/c19-16-8-4-3-7-15(16)17(22)20-14-9-11-21(12-10-14)18(23)13-5-1-2-6-13/h3-4,7-8,13-14H,1-2,5-6,9-12H2,(H,20,22). The molecule has 1 saturated carbocycles. The maximum atomic E-state index is 12.4. The molecule has 2 aliphatic rings. The number of carbonyl (C=O) groups is 2. The van der Waals surface area contributed by atoms with Crippen molar-refractivity contribution >= 4 is 23.4 Å². The Kier molecular flexibility index (Phi) is 5.21. The van der Waals surface area contributed by atoms with Crippen LogP contribution in [0, 0.1) is 5.92 Å². The fourth-order valence-corrected chi connectivity index (χ4v) is 3.81. The molecule has 0 spiro atoms. The molecule has 23 heavy (non-hydrogen) atoms. The number of carbonyl (C=O) groups excluding carboxylic acids is 2. The normalized spacial score (nSPS) is 19.8. The second kappa shape index (κ2) is 7.35. The number of piperidine rings is 1. The van der Waals surface area contributed by atoms with Gasteiger partial charge in [-0.05, 0) is 37.8 Å². The molecule has 4 nitrogen and oxygen atoms in total. The molecular weight excluding hydrogens is 312 g/mol. The SMILES string of the molecule is O=C(NC1CCN(C(=O)C2CCCC2)CC1)c1ccccc1Cl. The Labute approximate surface area is 142 Å². The predicted octanol–water partition coefficient (Wildman–Crippen LogP) is 3.25. The van der Waals surface area contributed by atoms with E-state index < -0.39 is 0 Å². The molecule has 0 unspecified atom stereocenters. The average molecular weight is 335 g/mol. The van der Waals surface area contributed by atoms with Crippen LogP contribution in [0.15, 0.2) is 24.3 Å². The molecule has 0 radical (unpaired) electrons. The van der Waals surface area contributed by atoms with Gasteiger partial charge >= 0.3 is 0 Å². The summed E-state index contributed by atoms with van der Waals surface area (Å²) in [5, 5.41) is 3.51. The number of likely N-dealkylation sites (tertiary alicyclic amines) is 1. The zero-order valence-electron chi connectivity index (χ0n) is 13.3. The molecule has 1 N–H and O–H groups in total. The van der Waals surface area contributed by atoms with Crippen LogP contribution in [-0.2, 0) is 4.79 Å². The van der Waals surface area contributed by atoms with Gasteiger partial charge in [0, 0.05) is 25.0 Å². The molecule has 2 amide bonds. The number of nitrogens with one attached hydrogen (secondary N) is 1. The lowest BCUT2D eigenvalue weighted by molar-refractivity contribution is -0.136. The van der Waals surface area contributed by atoms with Crippen molar-refractivity contribution in [2.24, 2.45) is 5.92 Å². The van der Waals surface area contributed by atoms with Crippen LogP contribution in [0.4, 0.5) is 0 Å². The average Bonchev–Trinajstić information content (AvgIpc) is 3.09. The molecule has 2 fully saturated rings. The molecule has 0 bridgehead atoms. The summed E-state index contributed by atoms with van der Waals surface area (Å²) in [7, 11) is 0. The van der Waals surface area contributed by atoms with E-state index in [2.05, 4.69) is 5.32 Å². The quantitative estimate of drug-likeness (QED) is 0.922. The van der Waals surface area contributed by atoms with Crippen LogP contribution < -0.4 is 5.32 Å². The molecule has 1 heterocycles. The minimum atomic E-state index is -0.129. The van der Waals surface area contributed by atoms with Gasteiger partial charge in [-0.15, -0.1) is 0 Å².